The maximum absolute atomic E-state index is 13.2. The third-order valence-electron chi connectivity index (χ3n) is 4.54. The van der Waals surface area contributed by atoms with Crippen LogP contribution in [0.25, 0.3) is 0 Å². The Hall–Kier alpha value is -3.58. The molecule has 0 heterocycles. The van der Waals surface area contributed by atoms with E-state index < -0.39 is 54.7 Å². The molecule has 1 aromatic rings. The fourth-order valence-electron chi connectivity index (χ4n) is 2.75. The van der Waals surface area contributed by atoms with Crippen LogP contribution in [0, 0.1) is 26.3 Å². The lowest BCUT2D eigenvalue weighted by Gasteiger charge is -2.30. The summed E-state index contributed by atoms with van der Waals surface area (Å²) >= 11 is 0. The molecular weight excluding hydrogens is 430 g/mol. The highest BCUT2D eigenvalue weighted by Gasteiger charge is 2.36. The number of rotatable bonds is 8. The normalized spacial score (nSPS) is 12.5. The molecule has 0 aliphatic rings. The van der Waals surface area contributed by atoms with Gasteiger partial charge in [0.15, 0.2) is 0 Å². The van der Waals surface area contributed by atoms with Crippen molar-refractivity contribution in [2.24, 2.45) is 0 Å². The molecule has 1 aromatic carbocycles. The Balaban J connectivity index is 3.31. The topological polar surface area (TPSA) is 134 Å². The van der Waals surface area contributed by atoms with Crippen LogP contribution < -0.4 is 10.6 Å². The molecule has 0 saturated heterocycles. The fraction of sp³-hybridized carbons (Fsp3) is 0.478. The standard InChI is InChI=1S/C23H31N3O7/c1-8-26(21(30)17(13-27)25-22(31)33-23(4,5)6)19(20(29)24-12-18(28)32-7)16-10-9-14(2)15(3)11-16/h1,9-11,17,19,27H,12-13H2,2-7H3,(H,24,29)(H,25,31). The van der Waals surface area contributed by atoms with E-state index in [9.17, 15) is 24.3 Å². The zero-order valence-corrected chi connectivity index (χ0v) is 19.7. The highest BCUT2D eigenvalue weighted by atomic mass is 16.6. The van der Waals surface area contributed by atoms with Crippen LogP contribution in [0.3, 0.4) is 0 Å². The molecule has 0 radical (unpaired) electrons. The number of ether oxygens (including phenoxy) is 2. The van der Waals surface area contributed by atoms with E-state index >= 15 is 0 Å². The van der Waals surface area contributed by atoms with E-state index in [0.29, 0.717) is 5.56 Å². The summed E-state index contributed by atoms with van der Waals surface area (Å²) in [6.07, 6.45) is 4.64. The number of nitrogens with one attached hydrogen (secondary N) is 2. The summed E-state index contributed by atoms with van der Waals surface area (Å²) in [4.78, 5) is 50.5. The van der Waals surface area contributed by atoms with Crippen molar-refractivity contribution in [2.75, 3.05) is 20.3 Å². The smallest absolute Gasteiger partial charge is 0.408 e. The molecule has 0 bridgehead atoms. The van der Waals surface area contributed by atoms with Crippen LogP contribution in [0.5, 0.6) is 0 Å². The Morgan fingerprint density at radius 1 is 1.18 bits per heavy atom. The van der Waals surface area contributed by atoms with Gasteiger partial charge in [0.1, 0.15) is 24.2 Å². The number of nitrogens with zero attached hydrogens (tertiary/aromatic N) is 1. The predicted octanol–water partition coefficient (Wildman–Crippen LogP) is 0.939. The highest BCUT2D eigenvalue weighted by molar-refractivity contribution is 5.94. The van der Waals surface area contributed by atoms with Gasteiger partial charge in [0.2, 0.25) is 5.91 Å². The molecule has 3 amide bonds. The van der Waals surface area contributed by atoms with Gasteiger partial charge in [0.25, 0.3) is 5.91 Å². The first-order valence-electron chi connectivity index (χ1n) is 10.2. The lowest BCUT2D eigenvalue weighted by atomic mass is 9.99. The number of benzene rings is 1. The van der Waals surface area contributed by atoms with Crippen molar-refractivity contribution >= 4 is 23.9 Å². The second-order valence-corrected chi connectivity index (χ2v) is 8.26. The quantitative estimate of drug-likeness (QED) is 0.298. The summed E-state index contributed by atoms with van der Waals surface area (Å²) in [7, 11) is 1.17. The Labute approximate surface area is 193 Å². The number of aryl methyl sites for hydroxylation is 2. The van der Waals surface area contributed by atoms with Crippen molar-refractivity contribution in [3.05, 3.63) is 34.9 Å². The number of hydrogen-bond acceptors (Lipinski definition) is 7. The maximum atomic E-state index is 13.2. The van der Waals surface area contributed by atoms with Crippen molar-refractivity contribution in [1.29, 1.82) is 0 Å². The van der Waals surface area contributed by atoms with Crippen LogP contribution in [0.15, 0.2) is 18.2 Å². The van der Waals surface area contributed by atoms with Crippen molar-refractivity contribution in [3.63, 3.8) is 0 Å². The van der Waals surface area contributed by atoms with Crippen molar-refractivity contribution in [3.8, 4) is 12.5 Å². The molecule has 2 unspecified atom stereocenters. The number of aliphatic hydroxyl groups excluding tert-OH is 1. The molecule has 0 fully saturated rings. The van der Waals surface area contributed by atoms with Crippen LogP contribution in [0.2, 0.25) is 0 Å². The first-order valence-corrected chi connectivity index (χ1v) is 10.2. The van der Waals surface area contributed by atoms with E-state index in [-0.39, 0.29) is 0 Å². The summed E-state index contributed by atoms with van der Waals surface area (Å²) in [5.74, 6) is -2.35. The minimum atomic E-state index is -1.47. The van der Waals surface area contributed by atoms with E-state index in [2.05, 4.69) is 21.4 Å². The van der Waals surface area contributed by atoms with E-state index in [1.54, 1.807) is 39.0 Å². The molecule has 3 N–H and O–H groups in total. The second kappa shape index (κ2) is 11.9. The number of amides is 3. The number of carbonyl (C=O) groups is 4. The molecule has 10 heteroatoms. The summed E-state index contributed by atoms with van der Waals surface area (Å²) in [5.41, 5.74) is 1.33. The number of esters is 1. The molecule has 0 spiro atoms. The number of aliphatic hydroxyl groups is 1. The molecule has 180 valence electrons. The minimum absolute atomic E-state index is 0.376. The van der Waals surface area contributed by atoms with Gasteiger partial charge in [-0.05, 0) is 51.3 Å². The summed E-state index contributed by atoms with van der Waals surface area (Å²) < 4.78 is 9.64. The van der Waals surface area contributed by atoms with Crippen LogP contribution >= 0.6 is 0 Å². The molecule has 0 saturated carbocycles. The summed E-state index contributed by atoms with van der Waals surface area (Å²) in [6, 6.07) is 4.40. The highest BCUT2D eigenvalue weighted by Crippen LogP contribution is 2.24. The molecule has 0 aromatic heterocycles. The lowest BCUT2D eigenvalue weighted by molar-refractivity contribution is -0.143. The van der Waals surface area contributed by atoms with Gasteiger partial charge in [-0.15, -0.1) is 0 Å². The number of hydrogen-bond donors (Lipinski definition) is 3. The SMILES string of the molecule is C#CN(C(=O)C(CO)NC(=O)OC(C)(C)C)C(C(=O)NCC(=O)OC)c1ccc(C)c(C)c1. The molecule has 0 aliphatic carbocycles. The number of terminal acetylenes is 1. The van der Waals surface area contributed by atoms with Crippen LogP contribution in [-0.2, 0) is 23.9 Å². The average Bonchev–Trinajstić information content (AvgIpc) is 2.74. The molecule has 2 atom stereocenters. The minimum Gasteiger partial charge on any atom is -0.468 e. The first-order chi connectivity index (χ1) is 15.3. The van der Waals surface area contributed by atoms with Crippen molar-refractivity contribution in [2.45, 2.75) is 52.3 Å². The largest absolute Gasteiger partial charge is 0.468 e. The number of carbonyl (C=O) groups excluding carboxylic acids is 4. The van der Waals surface area contributed by atoms with E-state index in [0.717, 1.165) is 16.0 Å². The maximum Gasteiger partial charge on any atom is 0.408 e. The molecule has 0 aliphatic heterocycles. The van der Waals surface area contributed by atoms with Gasteiger partial charge in [-0.1, -0.05) is 24.6 Å². The predicted molar refractivity (Wildman–Crippen MR) is 120 cm³/mol. The van der Waals surface area contributed by atoms with Gasteiger partial charge >= 0.3 is 12.1 Å². The summed E-state index contributed by atoms with van der Waals surface area (Å²) in [5, 5.41) is 14.4. The van der Waals surface area contributed by atoms with E-state index in [1.807, 2.05) is 13.8 Å². The van der Waals surface area contributed by atoms with Crippen LogP contribution in [0.1, 0.15) is 43.5 Å². The van der Waals surface area contributed by atoms with Crippen molar-refractivity contribution in [1.82, 2.24) is 15.5 Å². The Morgan fingerprint density at radius 3 is 2.30 bits per heavy atom. The summed E-state index contributed by atoms with van der Waals surface area (Å²) in [6.45, 7) is 7.38. The molecule has 33 heavy (non-hydrogen) atoms. The van der Waals surface area contributed by atoms with E-state index in [1.165, 1.54) is 7.11 Å². The average molecular weight is 462 g/mol. The number of methoxy groups -OCH3 is 1. The first kappa shape index (κ1) is 27.5. The number of alkyl carbamates (subject to hydrolysis) is 1. The third kappa shape index (κ3) is 8.12. The van der Waals surface area contributed by atoms with Gasteiger partial charge in [-0.2, -0.15) is 0 Å². The van der Waals surface area contributed by atoms with Crippen molar-refractivity contribution < 1.29 is 33.8 Å². The second-order valence-electron chi connectivity index (χ2n) is 8.26. The lowest BCUT2D eigenvalue weighted by Crippen LogP contribution is -2.53. The monoisotopic (exact) mass is 461 g/mol. The Morgan fingerprint density at radius 2 is 1.82 bits per heavy atom. The van der Waals surface area contributed by atoms with Gasteiger partial charge in [-0.3, -0.25) is 19.3 Å². The van der Waals surface area contributed by atoms with E-state index in [4.69, 9.17) is 11.2 Å². The zero-order valence-electron chi connectivity index (χ0n) is 19.7. The molecule has 10 nitrogen and oxygen atoms in total. The van der Waals surface area contributed by atoms with Crippen LogP contribution in [0.4, 0.5) is 4.79 Å². The van der Waals surface area contributed by atoms with Gasteiger partial charge < -0.3 is 25.2 Å². The third-order valence-corrected chi connectivity index (χ3v) is 4.54. The van der Waals surface area contributed by atoms with Gasteiger partial charge in [-0.25, -0.2) is 4.79 Å². The zero-order chi connectivity index (χ0) is 25.3. The fourth-order valence-corrected chi connectivity index (χ4v) is 2.75. The Kier molecular flexibility index (Phi) is 9.88. The van der Waals surface area contributed by atoms with Gasteiger partial charge in [0, 0.05) is 6.04 Å². The molecule has 1 rings (SSSR count). The van der Waals surface area contributed by atoms with Crippen LogP contribution in [-0.4, -0.2) is 65.8 Å². The molecular formula is C23H31N3O7. The Bertz CT molecular complexity index is 931. The van der Waals surface area contributed by atoms with Gasteiger partial charge in [0.05, 0.1) is 13.7 Å².